The van der Waals surface area contributed by atoms with E-state index in [-0.39, 0.29) is 29.8 Å². The number of piperazine rings is 1. The molecular weight excluding hydrogens is 506 g/mol. The molecule has 3 amide bonds. The molecule has 2 aliphatic heterocycles. The van der Waals surface area contributed by atoms with Crippen molar-refractivity contribution in [1.29, 1.82) is 0 Å². The number of carbonyl (C=O) groups is 2. The minimum atomic E-state index is -3.98. The molecule has 2 fully saturated rings. The Labute approximate surface area is 215 Å². The first kappa shape index (κ1) is 26.3. The summed E-state index contributed by atoms with van der Waals surface area (Å²) in [5, 5.41) is 3.46. The van der Waals surface area contributed by atoms with Crippen molar-refractivity contribution in [3.05, 3.63) is 35.0 Å². The first-order chi connectivity index (χ1) is 17.2. The molecule has 1 aromatic carbocycles. The van der Waals surface area contributed by atoms with Gasteiger partial charge in [-0.05, 0) is 45.0 Å². The van der Waals surface area contributed by atoms with Gasteiger partial charge in [-0.3, -0.25) is 4.79 Å². The molecule has 36 heavy (non-hydrogen) atoms. The summed E-state index contributed by atoms with van der Waals surface area (Å²) in [6.07, 6.45) is 0. The van der Waals surface area contributed by atoms with E-state index < -0.39 is 22.1 Å². The first-order valence-corrected chi connectivity index (χ1v) is 14.1. The van der Waals surface area contributed by atoms with Gasteiger partial charge in [-0.25, -0.2) is 18.2 Å². The van der Waals surface area contributed by atoms with Crippen molar-refractivity contribution in [3.63, 3.8) is 0 Å². The molecule has 0 saturated carbocycles. The largest absolute Gasteiger partial charge is 0.494 e. The molecule has 2 saturated heterocycles. The van der Waals surface area contributed by atoms with E-state index in [1.165, 1.54) is 9.21 Å². The average Bonchev–Trinajstić information content (AvgIpc) is 3.23. The Hall–Kier alpha value is -2.74. The van der Waals surface area contributed by atoms with Crippen LogP contribution in [0.2, 0.25) is 0 Å². The Kier molecular flexibility index (Phi) is 8.13. The minimum Gasteiger partial charge on any atom is -0.494 e. The summed E-state index contributed by atoms with van der Waals surface area (Å²) in [5.74, 6) is 0.360. The number of carbonyl (C=O) groups excluding carboxylic acids is 2. The van der Waals surface area contributed by atoms with Gasteiger partial charge in [0.05, 0.1) is 30.5 Å². The summed E-state index contributed by atoms with van der Waals surface area (Å²) in [5.41, 5.74) is 0.982. The van der Waals surface area contributed by atoms with Gasteiger partial charge in [0, 0.05) is 38.4 Å². The predicted octanol–water partition coefficient (Wildman–Crippen LogP) is 1.92. The number of aryl methyl sites for hydroxylation is 2. The van der Waals surface area contributed by atoms with Crippen molar-refractivity contribution in [2.75, 3.05) is 57.9 Å². The van der Waals surface area contributed by atoms with E-state index in [1.807, 2.05) is 6.92 Å². The molecule has 0 radical (unpaired) electrons. The molecule has 1 atom stereocenters. The number of sulfonamides is 1. The van der Waals surface area contributed by atoms with Crippen LogP contribution in [0.25, 0.3) is 0 Å². The van der Waals surface area contributed by atoms with E-state index in [0.717, 1.165) is 11.3 Å². The number of morpholine rings is 1. The van der Waals surface area contributed by atoms with Gasteiger partial charge in [0.1, 0.15) is 11.8 Å². The molecule has 11 nitrogen and oxygen atoms in total. The molecule has 1 unspecified atom stereocenters. The Morgan fingerprint density at radius 1 is 1.11 bits per heavy atom. The highest BCUT2D eigenvalue weighted by Crippen LogP contribution is 2.30. The van der Waals surface area contributed by atoms with Crippen molar-refractivity contribution < 1.29 is 27.5 Å². The number of hydrogen-bond donors (Lipinski definition) is 1. The highest BCUT2D eigenvalue weighted by molar-refractivity contribution is 7.91. The van der Waals surface area contributed by atoms with E-state index in [2.05, 4.69) is 10.3 Å². The van der Waals surface area contributed by atoms with Crippen molar-refractivity contribution in [1.82, 2.24) is 19.1 Å². The topological polar surface area (TPSA) is 121 Å². The predicted molar refractivity (Wildman–Crippen MR) is 135 cm³/mol. The third-order valence-electron chi connectivity index (χ3n) is 6.05. The van der Waals surface area contributed by atoms with Gasteiger partial charge in [0.2, 0.25) is 5.91 Å². The maximum atomic E-state index is 13.6. The summed E-state index contributed by atoms with van der Waals surface area (Å²) in [4.78, 5) is 34.0. The third-order valence-corrected chi connectivity index (χ3v) is 9.61. The number of urea groups is 1. The molecule has 4 rings (SSSR count). The number of nitrogens with one attached hydrogen (secondary N) is 1. The SMILES string of the molecule is CCOc1ccc(NC(=O)N2CCN(S(=O)(=O)c3sc(C)nc3C)C(C(=O)N3CCOCC3)C2)cc1. The molecule has 2 aliphatic rings. The monoisotopic (exact) mass is 537 g/mol. The van der Waals surface area contributed by atoms with E-state index in [1.54, 1.807) is 43.0 Å². The molecular formula is C23H31N5O6S2. The number of nitrogens with zero attached hydrogens (tertiary/aromatic N) is 4. The zero-order valence-corrected chi connectivity index (χ0v) is 22.2. The summed E-state index contributed by atoms with van der Waals surface area (Å²) in [6, 6.07) is 5.53. The fourth-order valence-electron chi connectivity index (χ4n) is 4.30. The zero-order chi connectivity index (χ0) is 25.9. The summed E-state index contributed by atoms with van der Waals surface area (Å²) >= 11 is 1.09. The van der Waals surface area contributed by atoms with Crippen molar-refractivity contribution >= 4 is 39.0 Å². The number of anilines is 1. The third kappa shape index (κ3) is 5.64. The maximum absolute atomic E-state index is 13.6. The second-order valence-corrected chi connectivity index (χ2v) is 11.8. The number of hydrogen-bond acceptors (Lipinski definition) is 8. The fourth-order valence-corrected chi connectivity index (χ4v) is 7.46. The van der Waals surface area contributed by atoms with Crippen molar-refractivity contribution in [2.24, 2.45) is 0 Å². The Morgan fingerprint density at radius 2 is 1.81 bits per heavy atom. The lowest BCUT2D eigenvalue weighted by atomic mass is 10.1. The maximum Gasteiger partial charge on any atom is 0.321 e. The number of rotatable bonds is 6. The van der Waals surface area contributed by atoms with Crippen LogP contribution in [0.5, 0.6) is 5.75 Å². The highest BCUT2D eigenvalue weighted by atomic mass is 32.2. The molecule has 3 heterocycles. The van der Waals surface area contributed by atoms with Gasteiger partial charge in [-0.15, -0.1) is 11.3 Å². The lowest BCUT2D eigenvalue weighted by molar-refractivity contribution is -0.140. The number of amides is 3. The molecule has 13 heteroatoms. The van der Waals surface area contributed by atoms with Gasteiger partial charge in [0.15, 0.2) is 4.21 Å². The smallest absolute Gasteiger partial charge is 0.321 e. The quantitative estimate of drug-likeness (QED) is 0.598. The summed E-state index contributed by atoms with van der Waals surface area (Å²) in [6.45, 7) is 7.43. The Morgan fingerprint density at radius 3 is 2.42 bits per heavy atom. The Balaban J connectivity index is 1.55. The molecule has 0 aliphatic carbocycles. The van der Waals surface area contributed by atoms with Crippen molar-refractivity contribution in [2.45, 2.75) is 31.0 Å². The normalized spacial score (nSPS) is 19.2. The standard InChI is InChI=1S/C23H31N5O6S2/c1-4-34-19-7-5-18(6-8-19)25-23(30)27-9-10-28(36(31,32)22-16(2)24-17(3)35-22)20(15-27)21(29)26-11-13-33-14-12-26/h5-8,20H,4,9-15H2,1-3H3,(H,25,30). The van der Waals surface area contributed by atoms with E-state index in [4.69, 9.17) is 9.47 Å². The van der Waals surface area contributed by atoms with Gasteiger partial charge in [-0.1, -0.05) is 0 Å². The number of benzene rings is 1. The lowest BCUT2D eigenvalue weighted by Gasteiger charge is -2.41. The second-order valence-electron chi connectivity index (χ2n) is 8.51. The van der Waals surface area contributed by atoms with Crippen LogP contribution in [0, 0.1) is 13.8 Å². The van der Waals surface area contributed by atoms with E-state index in [9.17, 15) is 18.0 Å². The van der Waals surface area contributed by atoms with Crippen LogP contribution >= 0.6 is 11.3 Å². The van der Waals surface area contributed by atoms with Gasteiger partial charge in [0.25, 0.3) is 10.0 Å². The van der Waals surface area contributed by atoms with Crippen LogP contribution in [0.15, 0.2) is 28.5 Å². The lowest BCUT2D eigenvalue weighted by Crippen LogP contribution is -2.63. The van der Waals surface area contributed by atoms with Crippen LogP contribution in [-0.2, 0) is 19.6 Å². The summed E-state index contributed by atoms with van der Waals surface area (Å²) in [7, 11) is -3.98. The van der Waals surface area contributed by atoms with Gasteiger partial charge >= 0.3 is 6.03 Å². The van der Waals surface area contributed by atoms with Crippen LogP contribution < -0.4 is 10.1 Å². The van der Waals surface area contributed by atoms with Crippen LogP contribution in [0.1, 0.15) is 17.6 Å². The number of aromatic nitrogens is 1. The Bertz CT molecular complexity index is 1190. The van der Waals surface area contributed by atoms with Gasteiger partial charge in [-0.2, -0.15) is 4.31 Å². The van der Waals surface area contributed by atoms with E-state index in [0.29, 0.717) is 55.0 Å². The fraction of sp³-hybridized carbons (Fsp3) is 0.522. The van der Waals surface area contributed by atoms with Gasteiger partial charge < -0.3 is 24.6 Å². The molecule has 0 bridgehead atoms. The first-order valence-electron chi connectivity index (χ1n) is 11.8. The zero-order valence-electron chi connectivity index (χ0n) is 20.6. The minimum absolute atomic E-state index is 0.00380. The number of thiazole rings is 1. The summed E-state index contributed by atoms with van der Waals surface area (Å²) < 4.78 is 39.4. The van der Waals surface area contributed by atoms with Crippen LogP contribution in [0.4, 0.5) is 10.5 Å². The highest BCUT2D eigenvalue weighted by Gasteiger charge is 2.44. The van der Waals surface area contributed by atoms with Crippen molar-refractivity contribution in [3.8, 4) is 5.75 Å². The van der Waals surface area contributed by atoms with Crippen LogP contribution in [0.3, 0.4) is 0 Å². The average molecular weight is 538 g/mol. The molecule has 2 aromatic rings. The second kappa shape index (κ2) is 11.1. The van der Waals surface area contributed by atoms with E-state index >= 15 is 0 Å². The molecule has 1 N–H and O–H groups in total. The molecule has 0 spiro atoms. The molecule has 1 aromatic heterocycles. The van der Waals surface area contributed by atoms with Crippen LogP contribution in [-0.4, -0.2) is 98.0 Å². The molecule has 196 valence electrons. The number of ether oxygens (including phenoxy) is 2.